The fourth-order valence-corrected chi connectivity index (χ4v) is 3.38. The van der Waals surface area contributed by atoms with Crippen LogP contribution in [0.2, 0.25) is 0 Å². The monoisotopic (exact) mass is 266 g/mol. The lowest BCUT2D eigenvalue weighted by Crippen LogP contribution is -2.62. The lowest BCUT2D eigenvalue weighted by atomic mass is 9.81. The van der Waals surface area contributed by atoms with Gasteiger partial charge in [-0.2, -0.15) is 0 Å². The zero-order valence-corrected chi connectivity index (χ0v) is 11.9. The summed E-state index contributed by atoms with van der Waals surface area (Å²) in [5, 5.41) is 2.64. The van der Waals surface area contributed by atoms with Crippen LogP contribution in [0.3, 0.4) is 0 Å². The summed E-state index contributed by atoms with van der Waals surface area (Å²) in [7, 11) is 2.95. The summed E-state index contributed by atoms with van der Waals surface area (Å²) in [4.78, 5) is 26.0. The van der Waals surface area contributed by atoms with Gasteiger partial charge in [-0.1, -0.05) is 31.4 Å². The van der Waals surface area contributed by atoms with Gasteiger partial charge in [-0.3, -0.25) is 9.69 Å². The number of nitrogens with one attached hydrogen (secondary N) is 1. The van der Waals surface area contributed by atoms with E-state index in [9.17, 15) is 9.59 Å². The lowest BCUT2D eigenvalue weighted by molar-refractivity contribution is -0.130. The molecule has 0 radical (unpaired) electrons. The van der Waals surface area contributed by atoms with Gasteiger partial charge in [0.05, 0.1) is 12.6 Å². The quantitative estimate of drug-likeness (QED) is 0.737. The minimum Gasteiger partial charge on any atom is -0.453 e. The first-order chi connectivity index (χ1) is 9.00. The Labute approximate surface area is 114 Å². The van der Waals surface area contributed by atoms with Gasteiger partial charge in [0.15, 0.2) is 0 Å². The van der Waals surface area contributed by atoms with Crippen LogP contribution in [0.4, 0.5) is 4.79 Å². The van der Waals surface area contributed by atoms with Crippen molar-refractivity contribution in [1.29, 1.82) is 0 Å². The molecule has 0 aromatic heterocycles. The number of hydrogen-bond acceptors (Lipinski definition) is 3. The predicted molar refractivity (Wildman–Crippen MR) is 71.7 cm³/mol. The third-order valence-electron chi connectivity index (χ3n) is 4.39. The number of likely N-dealkylation sites (N-methyl/N-ethyl adjacent to an activating group) is 1. The minimum atomic E-state index is -0.959. The molecule has 1 fully saturated rings. The van der Waals surface area contributed by atoms with Crippen LogP contribution in [0.1, 0.15) is 39.0 Å². The number of hydrogen-bond donors (Lipinski definition) is 1. The highest BCUT2D eigenvalue weighted by molar-refractivity contribution is 5.93. The lowest BCUT2D eigenvalue weighted by Gasteiger charge is -2.45. The molecule has 1 aliphatic heterocycles. The molecule has 2 rings (SSSR count). The molecule has 1 atom stereocenters. The standard InChI is InChI=1S/C14H22N2O3/c1-13(11(17)15-2)9-10-14(7-5-4-6-8-14)16(13)12(18)19-3/h9-10H,4-8H2,1-3H3,(H,15,17). The minimum absolute atomic E-state index is 0.184. The first kappa shape index (κ1) is 13.9. The topological polar surface area (TPSA) is 58.6 Å². The molecule has 106 valence electrons. The van der Waals surface area contributed by atoms with Crippen LogP contribution in [-0.4, -0.2) is 42.1 Å². The molecule has 1 heterocycles. The van der Waals surface area contributed by atoms with E-state index in [-0.39, 0.29) is 11.4 Å². The number of amides is 2. The molecule has 2 aliphatic rings. The highest BCUT2D eigenvalue weighted by Crippen LogP contribution is 2.44. The second kappa shape index (κ2) is 4.87. The van der Waals surface area contributed by atoms with Crippen LogP contribution < -0.4 is 5.32 Å². The predicted octanol–water partition coefficient (Wildman–Crippen LogP) is 1.83. The van der Waals surface area contributed by atoms with Crippen molar-refractivity contribution in [2.24, 2.45) is 0 Å². The van der Waals surface area contributed by atoms with Gasteiger partial charge in [0, 0.05) is 7.05 Å². The molecule has 1 spiro atoms. The van der Waals surface area contributed by atoms with Crippen LogP contribution in [0, 0.1) is 0 Å². The molecule has 2 amide bonds. The van der Waals surface area contributed by atoms with E-state index in [1.165, 1.54) is 13.5 Å². The molecule has 5 heteroatoms. The Morgan fingerprint density at radius 2 is 1.84 bits per heavy atom. The van der Waals surface area contributed by atoms with Crippen molar-refractivity contribution in [2.75, 3.05) is 14.2 Å². The Morgan fingerprint density at radius 3 is 2.37 bits per heavy atom. The van der Waals surface area contributed by atoms with Gasteiger partial charge in [0.25, 0.3) is 0 Å². The van der Waals surface area contributed by atoms with Gasteiger partial charge >= 0.3 is 6.09 Å². The van der Waals surface area contributed by atoms with E-state index >= 15 is 0 Å². The molecular formula is C14H22N2O3. The van der Waals surface area contributed by atoms with Crippen molar-refractivity contribution in [3.05, 3.63) is 12.2 Å². The van der Waals surface area contributed by atoms with Crippen LogP contribution in [-0.2, 0) is 9.53 Å². The normalized spacial score (nSPS) is 28.5. The fourth-order valence-electron chi connectivity index (χ4n) is 3.38. The van der Waals surface area contributed by atoms with Crippen molar-refractivity contribution >= 4 is 12.0 Å². The summed E-state index contributed by atoms with van der Waals surface area (Å²) in [6.45, 7) is 1.77. The van der Waals surface area contributed by atoms with Crippen molar-refractivity contribution in [1.82, 2.24) is 10.2 Å². The maximum atomic E-state index is 12.2. The summed E-state index contributed by atoms with van der Waals surface area (Å²) in [6.07, 6.45) is 8.55. The van der Waals surface area contributed by atoms with E-state index in [4.69, 9.17) is 4.74 Å². The Bertz CT molecular complexity index is 413. The van der Waals surface area contributed by atoms with Gasteiger partial charge in [-0.05, 0) is 19.8 Å². The first-order valence-corrected chi connectivity index (χ1v) is 6.81. The van der Waals surface area contributed by atoms with Gasteiger partial charge in [0.1, 0.15) is 5.54 Å². The summed E-state index contributed by atoms with van der Waals surface area (Å²) < 4.78 is 4.92. The molecule has 5 nitrogen and oxygen atoms in total. The molecule has 1 unspecified atom stereocenters. The molecule has 19 heavy (non-hydrogen) atoms. The SMILES string of the molecule is CNC(=O)C1(C)C=CC2(CCCCC2)N1C(=O)OC. The number of ether oxygens (including phenoxy) is 1. The van der Waals surface area contributed by atoms with Crippen LogP contribution in [0.25, 0.3) is 0 Å². The Kier molecular flexibility index (Phi) is 3.56. The molecule has 0 aromatic rings. The second-order valence-electron chi connectivity index (χ2n) is 5.53. The Hall–Kier alpha value is -1.52. The van der Waals surface area contributed by atoms with Crippen molar-refractivity contribution in [2.45, 2.75) is 50.1 Å². The van der Waals surface area contributed by atoms with Crippen molar-refractivity contribution in [3.63, 3.8) is 0 Å². The van der Waals surface area contributed by atoms with Crippen molar-refractivity contribution < 1.29 is 14.3 Å². The zero-order valence-electron chi connectivity index (χ0n) is 11.9. The van der Waals surface area contributed by atoms with Gasteiger partial charge in [-0.15, -0.1) is 0 Å². The number of carbonyl (C=O) groups is 2. The first-order valence-electron chi connectivity index (χ1n) is 6.81. The van der Waals surface area contributed by atoms with Crippen molar-refractivity contribution in [3.8, 4) is 0 Å². The largest absolute Gasteiger partial charge is 0.453 e. The molecule has 1 N–H and O–H groups in total. The molecule has 0 saturated heterocycles. The molecular weight excluding hydrogens is 244 g/mol. The van der Waals surface area contributed by atoms with Crippen LogP contribution in [0.15, 0.2) is 12.2 Å². The van der Waals surface area contributed by atoms with E-state index in [0.29, 0.717) is 0 Å². The average Bonchev–Trinajstić information content (AvgIpc) is 2.72. The van der Waals surface area contributed by atoms with Gasteiger partial charge in [-0.25, -0.2) is 4.79 Å². The maximum absolute atomic E-state index is 12.2. The van der Waals surface area contributed by atoms with Crippen LogP contribution in [0.5, 0.6) is 0 Å². The number of carbonyl (C=O) groups excluding carboxylic acids is 2. The van der Waals surface area contributed by atoms with E-state index in [0.717, 1.165) is 25.7 Å². The number of rotatable bonds is 1. The number of nitrogens with zero attached hydrogens (tertiary/aromatic N) is 1. The highest BCUT2D eigenvalue weighted by atomic mass is 16.5. The van der Waals surface area contributed by atoms with E-state index in [1.54, 1.807) is 18.9 Å². The third kappa shape index (κ3) is 2.01. The molecule has 0 bridgehead atoms. The van der Waals surface area contributed by atoms with E-state index in [2.05, 4.69) is 5.32 Å². The van der Waals surface area contributed by atoms with E-state index < -0.39 is 11.6 Å². The second-order valence-corrected chi connectivity index (χ2v) is 5.53. The highest BCUT2D eigenvalue weighted by Gasteiger charge is 2.55. The van der Waals surface area contributed by atoms with Gasteiger partial charge < -0.3 is 10.1 Å². The summed E-state index contributed by atoms with van der Waals surface area (Å²) in [5.41, 5.74) is -1.31. The molecule has 1 aliphatic carbocycles. The summed E-state index contributed by atoms with van der Waals surface area (Å²) >= 11 is 0. The smallest absolute Gasteiger partial charge is 0.411 e. The molecule has 1 saturated carbocycles. The fraction of sp³-hybridized carbons (Fsp3) is 0.714. The maximum Gasteiger partial charge on any atom is 0.411 e. The third-order valence-corrected chi connectivity index (χ3v) is 4.39. The summed E-state index contributed by atoms with van der Waals surface area (Å²) in [6, 6.07) is 0. The summed E-state index contributed by atoms with van der Waals surface area (Å²) in [5.74, 6) is -0.184. The Morgan fingerprint density at radius 1 is 1.21 bits per heavy atom. The van der Waals surface area contributed by atoms with Gasteiger partial charge in [0.2, 0.25) is 5.91 Å². The average molecular weight is 266 g/mol. The van der Waals surface area contributed by atoms with E-state index in [1.807, 2.05) is 12.2 Å². The zero-order chi connectivity index (χ0) is 14.1. The van der Waals surface area contributed by atoms with Crippen LogP contribution >= 0.6 is 0 Å². The Balaban J connectivity index is 2.40. The number of methoxy groups -OCH3 is 1. The molecule has 0 aromatic carbocycles.